The third kappa shape index (κ3) is 9.33. The van der Waals surface area contributed by atoms with E-state index in [1.54, 1.807) is 14.2 Å². The Morgan fingerprint density at radius 2 is 1.88 bits per heavy atom. The van der Waals surface area contributed by atoms with Gasteiger partial charge in [-0.25, -0.2) is 0 Å². The van der Waals surface area contributed by atoms with Crippen molar-refractivity contribution in [1.82, 2.24) is 5.32 Å². The van der Waals surface area contributed by atoms with Crippen LogP contribution in [0.3, 0.4) is 0 Å². The number of nitrogens with two attached hydrogens (primary N) is 1. The van der Waals surface area contributed by atoms with Gasteiger partial charge in [0.2, 0.25) is 5.91 Å². The van der Waals surface area contributed by atoms with Gasteiger partial charge in [0, 0.05) is 51.2 Å². The molecule has 1 saturated carbocycles. The summed E-state index contributed by atoms with van der Waals surface area (Å²) in [5.74, 6) is 2.98. The SMILES string of the molecule is COCCCOc1cc(C[C@@H](C[C@H](N)[C@@H](O)C[C@H](C(=O)NCC2CC3COC2C3)C(C)C)C(C)C)ccc1OC. The molecule has 1 heterocycles. The average Bonchev–Trinajstić information content (AvgIpc) is 3.55. The van der Waals surface area contributed by atoms with Crippen LogP contribution in [0.2, 0.25) is 0 Å². The van der Waals surface area contributed by atoms with E-state index >= 15 is 0 Å². The van der Waals surface area contributed by atoms with Crippen molar-refractivity contribution >= 4 is 5.91 Å². The third-order valence-electron chi connectivity index (χ3n) is 8.94. The number of aliphatic hydroxyl groups is 1. The lowest BCUT2D eigenvalue weighted by Crippen LogP contribution is -2.44. The molecule has 1 amide bonds. The van der Waals surface area contributed by atoms with Gasteiger partial charge in [-0.1, -0.05) is 33.8 Å². The number of methoxy groups -OCH3 is 2. The normalized spacial score (nSPS) is 23.3. The van der Waals surface area contributed by atoms with Crippen molar-refractivity contribution < 1.29 is 28.8 Å². The highest BCUT2D eigenvalue weighted by Gasteiger charge is 2.41. The molecule has 40 heavy (non-hydrogen) atoms. The van der Waals surface area contributed by atoms with Crippen molar-refractivity contribution in [3.8, 4) is 11.5 Å². The van der Waals surface area contributed by atoms with E-state index in [0.29, 0.717) is 62.2 Å². The number of hydrogen-bond donors (Lipinski definition) is 3. The summed E-state index contributed by atoms with van der Waals surface area (Å²) < 4.78 is 22.4. The monoisotopic (exact) mass is 562 g/mol. The van der Waals surface area contributed by atoms with Crippen molar-refractivity contribution in [2.24, 2.45) is 41.2 Å². The second kappa shape index (κ2) is 15.9. The van der Waals surface area contributed by atoms with Crippen LogP contribution in [0, 0.1) is 35.5 Å². The molecule has 3 unspecified atom stereocenters. The summed E-state index contributed by atoms with van der Waals surface area (Å²) in [5, 5.41) is 14.3. The highest BCUT2D eigenvalue weighted by Crippen LogP contribution is 2.39. The highest BCUT2D eigenvalue weighted by atomic mass is 16.5. The lowest BCUT2D eigenvalue weighted by Gasteiger charge is -2.30. The molecule has 2 bridgehead atoms. The van der Waals surface area contributed by atoms with E-state index in [4.69, 9.17) is 24.7 Å². The third-order valence-corrected chi connectivity index (χ3v) is 8.94. The number of hydrogen-bond acceptors (Lipinski definition) is 7. The van der Waals surface area contributed by atoms with Gasteiger partial charge in [0.05, 0.1) is 25.9 Å². The fraction of sp³-hybridized carbons (Fsp3) is 0.781. The highest BCUT2D eigenvalue weighted by molar-refractivity contribution is 5.78. The number of benzene rings is 1. The van der Waals surface area contributed by atoms with Crippen LogP contribution in [0.15, 0.2) is 18.2 Å². The second-order valence-corrected chi connectivity index (χ2v) is 12.7. The van der Waals surface area contributed by atoms with Gasteiger partial charge in [0.1, 0.15) is 0 Å². The maximum atomic E-state index is 13.1. The van der Waals surface area contributed by atoms with Crippen molar-refractivity contribution in [3.63, 3.8) is 0 Å². The van der Waals surface area contributed by atoms with Crippen LogP contribution in [-0.4, -0.2) is 69.8 Å². The maximum absolute atomic E-state index is 13.1. The van der Waals surface area contributed by atoms with E-state index in [1.807, 2.05) is 26.0 Å². The molecule has 8 heteroatoms. The molecule has 1 aliphatic carbocycles. The molecular weight excluding hydrogens is 508 g/mol. The Balaban J connectivity index is 1.55. The molecule has 3 rings (SSSR count). The Morgan fingerprint density at radius 3 is 2.48 bits per heavy atom. The Hall–Kier alpha value is -1.87. The quantitative estimate of drug-likeness (QED) is 0.230. The van der Waals surface area contributed by atoms with Crippen LogP contribution >= 0.6 is 0 Å². The summed E-state index contributed by atoms with van der Waals surface area (Å²) in [4.78, 5) is 13.1. The van der Waals surface area contributed by atoms with Gasteiger partial charge in [-0.05, 0) is 73.5 Å². The van der Waals surface area contributed by atoms with E-state index < -0.39 is 12.1 Å². The maximum Gasteiger partial charge on any atom is 0.223 e. The molecule has 1 aliphatic heterocycles. The number of carbonyl (C=O) groups is 1. The summed E-state index contributed by atoms with van der Waals surface area (Å²) in [5.41, 5.74) is 7.73. The predicted octanol–water partition coefficient (Wildman–Crippen LogP) is 4.21. The topological polar surface area (TPSA) is 112 Å². The van der Waals surface area contributed by atoms with Gasteiger partial charge in [0.25, 0.3) is 0 Å². The molecule has 0 spiro atoms. The van der Waals surface area contributed by atoms with Crippen LogP contribution in [0.5, 0.6) is 11.5 Å². The van der Waals surface area contributed by atoms with E-state index in [1.165, 1.54) is 0 Å². The van der Waals surface area contributed by atoms with Crippen molar-refractivity contribution in [1.29, 1.82) is 0 Å². The first-order valence-electron chi connectivity index (χ1n) is 15.2. The molecule has 2 fully saturated rings. The van der Waals surface area contributed by atoms with Crippen molar-refractivity contribution in [3.05, 3.63) is 23.8 Å². The zero-order chi connectivity index (χ0) is 29.2. The largest absolute Gasteiger partial charge is 0.493 e. The molecule has 4 N–H and O–H groups in total. The molecule has 1 saturated heterocycles. The second-order valence-electron chi connectivity index (χ2n) is 12.7. The summed E-state index contributed by atoms with van der Waals surface area (Å²) in [6.07, 6.45) is 4.45. The summed E-state index contributed by atoms with van der Waals surface area (Å²) >= 11 is 0. The van der Waals surface area contributed by atoms with E-state index in [9.17, 15) is 9.90 Å². The molecule has 0 radical (unpaired) electrons. The predicted molar refractivity (Wildman–Crippen MR) is 158 cm³/mol. The summed E-state index contributed by atoms with van der Waals surface area (Å²) in [6.45, 7) is 11.2. The molecule has 1 aromatic carbocycles. The number of aliphatic hydroxyl groups excluding tert-OH is 1. The fourth-order valence-corrected chi connectivity index (χ4v) is 6.24. The molecule has 7 atom stereocenters. The van der Waals surface area contributed by atoms with Crippen LogP contribution in [0.4, 0.5) is 0 Å². The minimum atomic E-state index is -0.749. The molecule has 2 aliphatic rings. The van der Waals surface area contributed by atoms with E-state index in [0.717, 1.165) is 43.6 Å². The van der Waals surface area contributed by atoms with Crippen molar-refractivity contribution in [2.75, 3.05) is 40.6 Å². The number of fused-ring (bicyclic) bond motifs is 2. The number of carbonyl (C=O) groups excluding carboxylic acids is 1. The number of ether oxygens (including phenoxy) is 4. The Bertz CT molecular complexity index is 909. The van der Waals surface area contributed by atoms with Gasteiger partial charge >= 0.3 is 0 Å². The Labute approximate surface area is 241 Å². The first-order valence-corrected chi connectivity index (χ1v) is 15.2. The van der Waals surface area contributed by atoms with Gasteiger partial charge < -0.3 is 35.1 Å². The summed E-state index contributed by atoms with van der Waals surface area (Å²) in [7, 11) is 3.33. The van der Waals surface area contributed by atoms with E-state index in [2.05, 4.69) is 25.2 Å². The molecule has 228 valence electrons. The van der Waals surface area contributed by atoms with Crippen molar-refractivity contribution in [2.45, 2.75) is 84.5 Å². The van der Waals surface area contributed by atoms with Gasteiger partial charge in [0.15, 0.2) is 11.5 Å². The minimum Gasteiger partial charge on any atom is -0.493 e. The number of rotatable bonds is 18. The Morgan fingerprint density at radius 1 is 1.10 bits per heavy atom. The Kier molecular flexibility index (Phi) is 13.0. The lowest BCUT2D eigenvalue weighted by molar-refractivity contribution is -0.128. The minimum absolute atomic E-state index is 0.0145. The fourth-order valence-electron chi connectivity index (χ4n) is 6.24. The van der Waals surface area contributed by atoms with Gasteiger partial charge in [-0.15, -0.1) is 0 Å². The zero-order valence-corrected chi connectivity index (χ0v) is 25.6. The van der Waals surface area contributed by atoms with Crippen LogP contribution < -0.4 is 20.5 Å². The van der Waals surface area contributed by atoms with Gasteiger partial charge in [-0.3, -0.25) is 4.79 Å². The zero-order valence-electron chi connectivity index (χ0n) is 25.6. The van der Waals surface area contributed by atoms with E-state index in [-0.39, 0.29) is 23.7 Å². The number of nitrogens with one attached hydrogen (secondary N) is 1. The average molecular weight is 563 g/mol. The van der Waals surface area contributed by atoms with Crippen LogP contribution in [-0.2, 0) is 20.7 Å². The lowest BCUT2D eigenvalue weighted by atomic mass is 9.80. The first-order chi connectivity index (χ1) is 19.1. The van der Waals surface area contributed by atoms with Gasteiger partial charge in [-0.2, -0.15) is 0 Å². The van der Waals surface area contributed by atoms with Crippen LogP contribution in [0.1, 0.15) is 65.4 Å². The molecular formula is C32H54N2O6. The molecule has 0 aromatic heterocycles. The first kappa shape index (κ1) is 32.6. The molecule has 8 nitrogen and oxygen atoms in total. The summed E-state index contributed by atoms with van der Waals surface area (Å²) in [6, 6.07) is 5.65. The van der Waals surface area contributed by atoms with Crippen LogP contribution in [0.25, 0.3) is 0 Å². The smallest absolute Gasteiger partial charge is 0.223 e. The number of amides is 1. The standard InChI is InChI=1S/C32H54N2O6/c1-20(2)24(12-22-8-9-29(38-6)31(14-22)39-11-7-10-37-5)16-27(33)28(35)17-26(21(3)4)32(36)34-18-25-13-23-15-30(25)40-19-23/h8-9,14,20-21,23-28,30,35H,7,10-13,15-19,33H2,1-6H3,(H,34,36)/t23?,24-,25?,26-,27-,28-,30?/m0/s1. The molecule has 1 aromatic rings.